The van der Waals surface area contributed by atoms with E-state index in [9.17, 15) is 4.79 Å². The molecule has 0 unspecified atom stereocenters. The number of anilines is 2. The summed E-state index contributed by atoms with van der Waals surface area (Å²) in [6.45, 7) is 0.271. The number of nitrogens with zero attached hydrogens (tertiary/aromatic N) is 2. The molecule has 6 rings (SSSR count). The zero-order chi connectivity index (χ0) is 25.4. The molecule has 0 saturated carbocycles. The fourth-order valence-electron chi connectivity index (χ4n) is 4.33. The Bertz CT molecular complexity index is 1870. The van der Waals surface area contributed by atoms with Crippen LogP contribution >= 0.6 is 0 Å². The predicted octanol–water partition coefficient (Wildman–Crippen LogP) is 5.50. The average molecular weight is 490 g/mol. The number of rotatable bonds is 5. The number of amides is 1. The van der Waals surface area contributed by atoms with Crippen LogP contribution in [0.5, 0.6) is 0 Å². The van der Waals surface area contributed by atoms with Crippen molar-refractivity contribution in [3.63, 3.8) is 0 Å². The first-order valence-electron chi connectivity index (χ1n) is 11.8. The molecule has 8 heteroatoms. The number of hydrogen-bond acceptors (Lipinski definition) is 7. The summed E-state index contributed by atoms with van der Waals surface area (Å²) in [7, 11) is 0. The Labute approximate surface area is 211 Å². The highest BCUT2D eigenvalue weighted by Gasteiger charge is 2.12. The number of para-hydroxylation sites is 2. The van der Waals surface area contributed by atoms with Crippen LogP contribution in [0.15, 0.2) is 98.8 Å². The number of nitrogens with two attached hydrogens (primary N) is 2. The lowest BCUT2D eigenvalue weighted by Crippen LogP contribution is -2.16. The topological polar surface area (TPSA) is 133 Å². The third-order valence-electron chi connectivity index (χ3n) is 6.09. The van der Waals surface area contributed by atoms with E-state index >= 15 is 0 Å². The first-order valence-corrected chi connectivity index (χ1v) is 11.8. The van der Waals surface area contributed by atoms with Gasteiger partial charge in [0.2, 0.25) is 5.91 Å². The lowest BCUT2D eigenvalue weighted by Gasteiger charge is -2.09. The van der Waals surface area contributed by atoms with Crippen molar-refractivity contribution in [2.24, 2.45) is 10.7 Å². The zero-order valence-corrected chi connectivity index (χ0v) is 19.8. The van der Waals surface area contributed by atoms with Crippen LogP contribution in [0, 0.1) is 0 Å². The molecule has 0 fully saturated rings. The molecule has 2 aromatic heterocycles. The molecule has 0 aliphatic carbocycles. The van der Waals surface area contributed by atoms with Crippen LogP contribution in [0.3, 0.4) is 0 Å². The maximum Gasteiger partial charge on any atom is 0.292 e. The summed E-state index contributed by atoms with van der Waals surface area (Å²) in [5, 5.41) is 6.57. The number of oxazole rings is 1. The van der Waals surface area contributed by atoms with Gasteiger partial charge in [0.05, 0.1) is 16.7 Å². The van der Waals surface area contributed by atoms with Gasteiger partial charge in [-0.1, -0.05) is 36.4 Å². The molecule has 0 saturated heterocycles. The van der Waals surface area contributed by atoms with Crippen LogP contribution in [-0.4, -0.2) is 17.4 Å². The molecule has 0 spiro atoms. The van der Waals surface area contributed by atoms with E-state index in [2.05, 4.69) is 22.4 Å². The number of aromatic nitrogens is 1. The molecule has 0 radical (unpaired) electrons. The second-order valence-corrected chi connectivity index (χ2v) is 8.64. The standard InChI is InChI=1S/C29H23N5O3/c30-12-11-28(35)33-22-8-4-3-7-21(22)32-24-16-25(19-9-10-23-27(15-19)37-29(31)34-23)36-26-14-18-6-2-1-5-17(18)13-20(24)26/h1-10,13-16H,11-12,30H2,(H2,31,34)(H,33,35). The Hall–Kier alpha value is -4.95. The molecule has 2 heterocycles. The number of hydrogen-bond donors (Lipinski definition) is 3. The first kappa shape index (κ1) is 22.5. The molecular weight excluding hydrogens is 466 g/mol. The van der Waals surface area contributed by atoms with Crippen molar-refractivity contribution in [2.45, 2.75) is 6.42 Å². The summed E-state index contributed by atoms with van der Waals surface area (Å²) in [5.41, 5.74) is 15.2. The molecule has 0 aliphatic rings. The van der Waals surface area contributed by atoms with E-state index in [1.54, 1.807) is 0 Å². The highest BCUT2D eigenvalue weighted by Crippen LogP contribution is 2.30. The highest BCUT2D eigenvalue weighted by atomic mass is 16.4. The second kappa shape index (κ2) is 9.25. The van der Waals surface area contributed by atoms with Gasteiger partial charge in [-0.3, -0.25) is 4.79 Å². The number of carbonyl (C=O) groups excluding carboxylic acids is 1. The maximum atomic E-state index is 12.3. The summed E-state index contributed by atoms with van der Waals surface area (Å²) >= 11 is 0. The molecule has 0 aliphatic heterocycles. The largest absolute Gasteiger partial charge is 0.456 e. The van der Waals surface area contributed by atoms with Gasteiger partial charge in [-0.05, 0) is 53.2 Å². The molecule has 0 atom stereocenters. The van der Waals surface area contributed by atoms with Crippen molar-refractivity contribution in [3.8, 4) is 11.3 Å². The Kier molecular flexibility index (Phi) is 5.63. The number of benzene rings is 4. The Morgan fingerprint density at radius 3 is 2.51 bits per heavy atom. The van der Waals surface area contributed by atoms with Gasteiger partial charge in [0.1, 0.15) is 16.9 Å². The molecule has 6 aromatic rings. The van der Waals surface area contributed by atoms with Crippen molar-refractivity contribution in [1.82, 2.24) is 4.98 Å². The van der Waals surface area contributed by atoms with Crippen molar-refractivity contribution >= 4 is 56.1 Å². The van der Waals surface area contributed by atoms with E-state index in [4.69, 9.17) is 25.3 Å². The van der Waals surface area contributed by atoms with Crippen LogP contribution in [0.25, 0.3) is 44.2 Å². The smallest absolute Gasteiger partial charge is 0.292 e. The third kappa shape index (κ3) is 4.41. The molecule has 8 nitrogen and oxygen atoms in total. The number of nitrogens with one attached hydrogen (secondary N) is 1. The molecule has 182 valence electrons. The summed E-state index contributed by atoms with van der Waals surface area (Å²) < 4.78 is 11.9. The van der Waals surface area contributed by atoms with E-state index in [0.717, 1.165) is 21.7 Å². The van der Waals surface area contributed by atoms with Crippen molar-refractivity contribution in [3.05, 3.63) is 90.3 Å². The van der Waals surface area contributed by atoms with Crippen molar-refractivity contribution in [1.29, 1.82) is 0 Å². The lowest BCUT2D eigenvalue weighted by molar-refractivity contribution is -0.116. The van der Waals surface area contributed by atoms with Gasteiger partial charge in [0, 0.05) is 30.0 Å². The van der Waals surface area contributed by atoms with Crippen LogP contribution in [0.1, 0.15) is 6.42 Å². The summed E-state index contributed by atoms with van der Waals surface area (Å²) in [6, 6.07) is 27.1. The monoisotopic (exact) mass is 489 g/mol. The molecule has 4 aromatic carbocycles. The van der Waals surface area contributed by atoms with Gasteiger partial charge in [0.25, 0.3) is 6.01 Å². The average Bonchev–Trinajstić information content (AvgIpc) is 3.28. The second-order valence-electron chi connectivity index (χ2n) is 8.64. The minimum absolute atomic E-state index is 0.109. The number of fused-ring (bicyclic) bond motifs is 3. The fraction of sp³-hybridized carbons (Fsp3) is 0.0690. The highest BCUT2D eigenvalue weighted by molar-refractivity contribution is 5.97. The Morgan fingerprint density at radius 1 is 0.892 bits per heavy atom. The van der Waals surface area contributed by atoms with Gasteiger partial charge in [-0.15, -0.1) is 0 Å². The lowest BCUT2D eigenvalue weighted by atomic mass is 10.1. The number of carbonyl (C=O) groups is 1. The maximum absolute atomic E-state index is 12.3. The Morgan fingerprint density at radius 2 is 1.68 bits per heavy atom. The quantitative estimate of drug-likeness (QED) is 0.274. The van der Waals surface area contributed by atoms with E-state index < -0.39 is 0 Å². The van der Waals surface area contributed by atoms with Crippen molar-refractivity contribution < 1.29 is 13.6 Å². The van der Waals surface area contributed by atoms with Gasteiger partial charge >= 0.3 is 0 Å². The van der Waals surface area contributed by atoms with E-state index in [1.165, 1.54) is 0 Å². The summed E-state index contributed by atoms with van der Waals surface area (Å²) in [6.07, 6.45) is 0.228. The van der Waals surface area contributed by atoms with Crippen LogP contribution in [0.2, 0.25) is 0 Å². The van der Waals surface area contributed by atoms with Gasteiger partial charge < -0.3 is 25.6 Å². The summed E-state index contributed by atoms with van der Waals surface area (Å²) in [5.74, 6) is 0.437. The minimum atomic E-state index is -0.163. The third-order valence-corrected chi connectivity index (χ3v) is 6.09. The number of nitrogen functional groups attached to an aromatic ring is 1. The van der Waals surface area contributed by atoms with Gasteiger partial charge in [-0.25, -0.2) is 4.99 Å². The van der Waals surface area contributed by atoms with E-state index in [1.807, 2.05) is 72.8 Å². The summed E-state index contributed by atoms with van der Waals surface area (Å²) in [4.78, 5) is 21.4. The minimum Gasteiger partial charge on any atom is -0.456 e. The first-order chi connectivity index (χ1) is 18.1. The van der Waals surface area contributed by atoms with Gasteiger partial charge in [0.15, 0.2) is 5.58 Å². The SMILES string of the molecule is NCCC(=O)Nc1ccccc1N=c1cc(-c2ccc3nc(N)oc3c2)oc2cc3ccccc3cc12. The fourth-order valence-corrected chi connectivity index (χ4v) is 4.33. The Balaban J connectivity index is 1.59. The predicted molar refractivity (Wildman–Crippen MR) is 145 cm³/mol. The van der Waals surface area contributed by atoms with Crippen LogP contribution < -0.4 is 22.1 Å². The molecule has 5 N–H and O–H groups in total. The zero-order valence-electron chi connectivity index (χ0n) is 19.8. The van der Waals surface area contributed by atoms with Crippen LogP contribution in [-0.2, 0) is 4.79 Å². The normalized spacial score (nSPS) is 12.0. The van der Waals surface area contributed by atoms with Gasteiger partial charge in [-0.2, -0.15) is 4.98 Å². The molecular formula is C29H23N5O3. The van der Waals surface area contributed by atoms with Crippen LogP contribution in [0.4, 0.5) is 17.4 Å². The molecule has 37 heavy (non-hydrogen) atoms. The van der Waals surface area contributed by atoms with E-state index in [0.29, 0.717) is 39.2 Å². The van der Waals surface area contributed by atoms with Crippen molar-refractivity contribution in [2.75, 3.05) is 17.6 Å². The van der Waals surface area contributed by atoms with E-state index in [-0.39, 0.29) is 24.9 Å². The molecule has 0 bridgehead atoms. The molecule has 1 amide bonds.